The van der Waals surface area contributed by atoms with E-state index in [0.29, 0.717) is 11.3 Å². The van der Waals surface area contributed by atoms with Gasteiger partial charge in [0.25, 0.3) is 0 Å². The predicted octanol–water partition coefficient (Wildman–Crippen LogP) is 2.99. The van der Waals surface area contributed by atoms with Gasteiger partial charge in [-0.1, -0.05) is 13.8 Å². The number of hydrogen-bond donors (Lipinski definition) is 2. The van der Waals surface area contributed by atoms with Gasteiger partial charge in [-0.05, 0) is 24.3 Å². The molecule has 6 heteroatoms. The zero-order valence-corrected chi connectivity index (χ0v) is 13.2. The van der Waals surface area contributed by atoms with Gasteiger partial charge in [0.2, 0.25) is 0 Å². The number of methoxy groups -OCH3 is 1. The number of benzene rings is 1. The first-order chi connectivity index (χ1) is 10.5. The number of aliphatic hydroxyl groups excluding tert-OH is 1. The van der Waals surface area contributed by atoms with Gasteiger partial charge in [-0.15, -0.1) is 0 Å². The lowest BCUT2D eigenvalue weighted by molar-refractivity contribution is 0.149. The summed E-state index contributed by atoms with van der Waals surface area (Å²) < 4.78 is 18.7. The van der Waals surface area contributed by atoms with Crippen LogP contribution in [0, 0.1) is 11.2 Å². The second-order valence-corrected chi connectivity index (χ2v) is 6.08. The number of ether oxygens (including phenoxy) is 1. The third kappa shape index (κ3) is 3.82. The van der Waals surface area contributed by atoms with E-state index in [0.717, 1.165) is 24.8 Å². The molecular formula is C16H22FN3O2. The maximum Gasteiger partial charge on any atom is 0.167 e. The smallest absolute Gasteiger partial charge is 0.167 e. The van der Waals surface area contributed by atoms with Gasteiger partial charge in [0.1, 0.15) is 12.1 Å². The van der Waals surface area contributed by atoms with Crippen molar-refractivity contribution in [3.05, 3.63) is 24.3 Å². The number of rotatable bonds is 7. The van der Waals surface area contributed by atoms with Crippen LogP contribution in [0.2, 0.25) is 0 Å². The number of halogens is 1. The molecule has 1 aromatic carbocycles. The molecule has 0 spiro atoms. The minimum Gasteiger partial charge on any atom is -0.494 e. The van der Waals surface area contributed by atoms with Gasteiger partial charge in [-0.2, -0.15) is 0 Å². The molecule has 5 nitrogen and oxygen atoms in total. The Balaban J connectivity index is 2.11. The molecule has 0 amide bonds. The van der Waals surface area contributed by atoms with Crippen LogP contribution in [0.1, 0.15) is 26.7 Å². The van der Waals surface area contributed by atoms with E-state index in [2.05, 4.69) is 15.3 Å². The topological polar surface area (TPSA) is 67.3 Å². The fourth-order valence-electron chi connectivity index (χ4n) is 2.21. The van der Waals surface area contributed by atoms with Crippen LogP contribution < -0.4 is 10.1 Å². The van der Waals surface area contributed by atoms with Crippen molar-refractivity contribution in [3.8, 4) is 5.75 Å². The molecule has 120 valence electrons. The van der Waals surface area contributed by atoms with E-state index in [-0.39, 0.29) is 17.8 Å². The Hall–Kier alpha value is -1.95. The van der Waals surface area contributed by atoms with Crippen LogP contribution in [0.3, 0.4) is 0 Å². The molecule has 0 aliphatic rings. The SMILES string of the molecule is COc1cc2c(NCCCC(C)(C)CO)ncnc2cc1F. The second kappa shape index (κ2) is 6.87. The molecule has 0 bridgehead atoms. The molecule has 0 atom stereocenters. The van der Waals surface area contributed by atoms with Gasteiger partial charge in [0.15, 0.2) is 11.6 Å². The van der Waals surface area contributed by atoms with Crippen molar-refractivity contribution in [3.63, 3.8) is 0 Å². The zero-order valence-electron chi connectivity index (χ0n) is 13.2. The monoisotopic (exact) mass is 307 g/mol. The lowest BCUT2D eigenvalue weighted by atomic mass is 9.89. The van der Waals surface area contributed by atoms with E-state index in [9.17, 15) is 9.50 Å². The summed E-state index contributed by atoms with van der Waals surface area (Å²) in [6.07, 6.45) is 3.21. The lowest BCUT2D eigenvalue weighted by Crippen LogP contribution is -2.18. The third-order valence-corrected chi connectivity index (χ3v) is 3.66. The summed E-state index contributed by atoms with van der Waals surface area (Å²) in [5.41, 5.74) is 0.452. The van der Waals surface area contributed by atoms with E-state index in [1.807, 2.05) is 13.8 Å². The molecule has 0 radical (unpaired) electrons. The maximum absolute atomic E-state index is 13.7. The normalized spacial score (nSPS) is 11.7. The average Bonchev–Trinajstić information content (AvgIpc) is 2.51. The highest BCUT2D eigenvalue weighted by Gasteiger charge is 2.15. The first-order valence-electron chi connectivity index (χ1n) is 7.30. The average molecular weight is 307 g/mol. The third-order valence-electron chi connectivity index (χ3n) is 3.66. The quantitative estimate of drug-likeness (QED) is 0.770. The van der Waals surface area contributed by atoms with Crippen molar-refractivity contribution in [2.24, 2.45) is 5.41 Å². The van der Waals surface area contributed by atoms with Crippen molar-refractivity contribution in [2.45, 2.75) is 26.7 Å². The summed E-state index contributed by atoms with van der Waals surface area (Å²) in [7, 11) is 1.43. The maximum atomic E-state index is 13.7. The molecule has 1 heterocycles. The largest absolute Gasteiger partial charge is 0.494 e. The molecular weight excluding hydrogens is 285 g/mol. The summed E-state index contributed by atoms with van der Waals surface area (Å²) >= 11 is 0. The summed E-state index contributed by atoms with van der Waals surface area (Å²) in [5.74, 6) is 0.390. The molecule has 2 N–H and O–H groups in total. The van der Waals surface area contributed by atoms with Crippen molar-refractivity contribution >= 4 is 16.7 Å². The Morgan fingerprint density at radius 1 is 1.32 bits per heavy atom. The summed E-state index contributed by atoms with van der Waals surface area (Å²) in [6.45, 7) is 4.94. The van der Waals surface area contributed by atoms with Gasteiger partial charge < -0.3 is 15.2 Å². The number of aliphatic hydroxyl groups is 1. The molecule has 0 saturated carbocycles. The zero-order chi connectivity index (χ0) is 16.2. The first-order valence-corrected chi connectivity index (χ1v) is 7.30. The molecule has 2 rings (SSSR count). The number of aromatic nitrogens is 2. The van der Waals surface area contributed by atoms with Crippen LogP contribution in [0.15, 0.2) is 18.5 Å². The van der Waals surface area contributed by atoms with Crippen molar-refractivity contribution in [2.75, 3.05) is 25.6 Å². The Kier molecular flexibility index (Phi) is 5.13. The van der Waals surface area contributed by atoms with Gasteiger partial charge in [-0.3, -0.25) is 0 Å². The van der Waals surface area contributed by atoms with Crippen LogP contribution in [-0.4, -0.2) is 35.3 Å². The highest BCUT2D eigenvalue weighted by atomic mass is 19.1. The van der Waals surface area contributed by atoms with Gasteiger partial charge in [0, 0.05) is 24.6 Å². The highest BCUT2D eigenvalue weighted by molar-refractivity contribution is 5.90. The van der Waals surface area contributed by atoms with E-state index < -0.39 is 5.82 Å². The van der Waals surface area contributed by atoms with Crippen molar-refractivity contribution in [1.29, 1.82) is 0 Å². The van der Waals surface area contributed by atoms with E-state index in [1.165, 1.54) is 19.5 Å². The fraction of sp³-hybridized carbons (Fsp3) is 0.500. The van der Waals surface area contributed by atoms with E-state index in [4.69, 9.17) is 4.74 Å². The highest BCUT2D eigenvalue weighted by Crippen LogP contribution is 2.27. The molecule has 0 fully saturated rings. The predicted molar refractivity (Wildman–Crippen MR) is 84.6 cm³/mol. The molecule has 2 aromatic rings. The van der Waals surface area contributed by atoms with Crippen LogP contribution in [0.4, 0.5) is 10.2 Å². The number of nitrogens with zero attached hydrogens (tertiary/aromatic N) is 2. The Labute approximate surface area is 129 Å². The molecule has 0 aliphatic carbocycles. The number of hydrogen-bond acceptors (Lipinski definition) is 5. The van der Waals surface area contributed by atoms with Crippen molar-refractivity contribution < 1.29 is 14.2 Å². The van der Waals surface area contributed by atoms with Crippen molar-refractivity contribution in [1.82, 2.24) is 9.97 Å². The standard InChI is InChI=1S/C16H22FN3O2/c1-16(2,9-21)5-4-6-18-15-11-7-14(22-3)12(17)8-13(11)19-10-20-15/h7-8,10,21H,4-6,9H2,1-3H3,(H,18,19,20). The minimum absolute atomic E-state index is 0.0816. The summed E-state index contributed by atoms with van der Waals surface area (Å²) in [6, 6.07) is 2.94. The second-order valence-electron chi connectivity index (χ2n) is 6.08. The van der Waals surface area contributed by atoms with E-state index in [1.54, 1.807) is 6.07 Å². The molecule has 0 saturated heterocycles. The molecule has 1 aromatic heterocycles. The Bertz CT molecular complexity index is 647. The number of anilines is 1. The Morgan fingerprint density at radius 3 is 2.77 bits per heavy atom. The summed E-state index contributed by atoms with van der Waals surface area (Å²) in [5, 5.41) is 13.2. The molecule has 0 unspecified atom stereocenters. The molecule has 22 heavy (non-hydrogen) atoms. The first kappa shape index (κ1) is 16.4. The van der Waals surface area contributed by atoms with Gasteiger partial charge >= 0.3 is 0 Å². The van der Waals surface area contributed by atoms with E-state index >= 15 is 0 Å². The van der Waals surface area contributed by atoms with Crippen LogP contribution in [0.5, 0.6) is 5.75 Å². The van der Waals surface area contributed by atoms with Crippen LogP contribution in [-0.2, 0) is 0 Å². The van der Waals surface area contributed by atoms with Gasteiger partial charge in [-0.25, -0.2) is 14.4 Å². The summed E-state index contributed by atoms with van der Waals surface area (Å²) in [4.78, 5) is 8.30. The number of nitrogens with one attached hydrogen (secondary N) is 1. The van der Waals surface area contributed by atoms with Crippen LogP contribution in [0.25, 0.3) is 10.9 Å². The van der Waals surface area contributed by atoms with Crippen LogP contribution >= 0.6 is 0 Å². The number of fused-ring (bicyclic) bond motifs is 1. The Morgan fingerprint density at radius 2 is 2.09 bits per heavy atom. The van der Waals surface area contributed by atoms with Gasteiger partial charge in [0.05, 0.1) is 12.6 Å². The molecule has 0 aliphatic heterocycles. The lowest BCUT2D eigenvalue weighted by Gasteiger charge is -2.21. The fourth-order valence-corrected chi connectivity index (χ4v) is 2.21. The minimum atomic E-state index is -0.440.